The van der Waals surface area contributed by atoms with Crippen molar-refractivity contribution in [2.24, 2.45) is 5.41 Å². The number of carbonyl (C=O) groups excluding carboxylic acids is 2. The van der Waals surface area contributed by atoms with Crippen LogP contribution >= 0.6 is 0 Å². The molecule has 1 aliphatic carbocycles. The second kappa shape index (κ2) is 11.4. The van der Waals surface area contributed by atoms with E-state index < -0.39 is 30.1 Å². The molecule has 1 aliphatic rings. The number of carboxylic acids is 1. The molecule has 2 atom stereocenters. The lowest BCUT2D eigenvalue weighted by molar-refractivity contribution is -0.142. The Bertz CT molecular complexity index is 1020. The van der Waals surface area contributed by atoms with Gasteiger partial charge in [0, 0.05) is 31.4 Å². The standard InChI is InChI=1S/C27H34N2O6/c1-27(2,3)15-17(14-24(31)29-23(12-13-30)25(32)33)28-26(34)35-16-22-20-10-6-4-8-18(20)19-9-5-7-11-21(19)22/h4-11,17,22-23,30H,12-16H2,1-3H3,(H,28,34)(H,29,31)(H,32,33). The van der Waals surface area contributed by atoms with Gasteiger partial charge < -0.3 is 25.6 Å². The summed E-state index contributed by atoms with van der Waals surface area (Å²) < 4.78 is 5.62. The second-order valence-corrected chi connectivity index (χ2v) is 10.1. The first-order chi connectivity index (χ1) is 16.6. The molecule has 2 aromatic carbocycles. The first-order valence-electron chi connectivity index (χ1n) is 11.8. The molecule has 4 N–H and O–H groups in total. The lowest BCUT2D eigenvalue weighted by atomic mass is 9.87. The van der Waals surface area contributed by atoms with E-state index in [1.807, 2.05) is 57.2 Å². The highest BCUT2D eigenvalue weighted by Crippen LogP contribution is 2.44. The van der Waals surface area contributed by atoms with Crippen molar-refractivity contribution in [1.82, 2.24) is 10.6 Å². The van der Waals surface area contributed by atoms with Crippen LogP contribution in [0.15, 0.2) is 48.5 Å². The van der Waals surface area contributed by atoms with E-state index in [0.717, 1.165) is 22.3 Å². The number of aliphatic hydroxyl groups excluding tert-OH is 1. The van der Waals surface area contributed by atoms with Gasteiger partial charge in [0.05, 0.1) is 0 Å². The van der Waals surface area contributed by atoms with E-state index >= 15 is 0 Å². The smallest absolute Gasteiger partial charge is 0.407 e. The predicted octanol–water partition coefficient (Wildman–Crippen LogP) is 3.67. The highest BCUT2D eigenvalue weighted by atomic mass is 16.5. The molecule has 0 fully saturated rings. The number of nitrogens with one attached hydrogen (secondary N) is 2. The average Bonchev–Trinajstić information content (AvgIpc) is 3.10. The number of fused-ring (bicyclic) bond motifs is 3. The topological polar surface area (TPSA) is 125 Å². The zero-order valence-electron chi connectivity index (χ0n) is 20.4. The highest BCUT2D eigenvalue weighted by molar-refractivity contribution is 5.84. The van der Waals surface area contributed by atoms with Gasteiger partial charge in [-0.1, -0.05) is 69.3 Å². The number of amides is 2. The molecule has 0 aromatic heterocycles. The number of ether oxygens (including phenoxy) is 1. The zero-order chi connectivity index (χ0) is 25.6. The number of hydrogen-bond acceptors (Lipinski definition) is 5. The molecule has 8 nitrogen and oxygen atoms in total. The third-order valence-corrected chi connectivity index (χ3v) is 6.01. The van der Waals surface area contributed by atoms with Gasteiger partial charge in [-0.05, 0) is 34.1 Å². The van der Waals surface area contributed by atoms with Crippen LogP contribution in [0.4, 0.5) is 4.79 Å². The summed E-state index contributed by atoms with van der Waals surface area (Å²) in [6, 6.07) is 14.4. The Labute approximate surface area is 205 Å². The minimum Gasteiger partial charge on any atom is -0.480 e. The second-order valence-electron chi connectivity index (χ2n) is 10.1. The summed E-state index contributed by atoms with van der Waals surface area (Å²) in [6.45, 7) is 5.77. The van der Waals surface area contributed by atoms with Crippen LogP contribution < -0.4 is 10.6 Å². The molecule has 0 saturated heterocycles. The number of carboxylic acid groups (broad SMARTS) is 1. The lowest BCUT2D eigenvalue weighted by Gasteiger charge is -2.27. The van der Waals surface area contributed by atoms with Gasteiger partial charge in [-0.15, -0.1) is 0 Å². The van der Waals surface area contributed by atoms with Crippen molar-refractivity contribution >= 4 is 18.0 Å². The van der Waals surface area contributed by atoms with E-state index in [4.69, 9.17) is 9.84 Å². The summed E-state index contributed by atoms with van der Waals surface area (Å²) >= 11 is 0. The van der Waals surface area contributed by atoms with Crippen molar-refractivity contribution in [3.8, 4) is 11.1 Å². The van der Waals surface area contributed by atoms with Gasteiger partial charge in [-0.25, -0.2) is 9.59 Å². The normalized spacial score (nSPS) is 14.4. The molecule has 188 valence electrons. The molecule has 0 radical (unpaired) electrons. The molecule has 0 spiro atoms. The Morgan fingerprint density at radius 3 is 2.06 bits per heavy atom. The maximum absolute atomic E-state index is 12.7. The summed E-state index contributed by atoms with van der Waals surface area (Å²) in [5, 5.41) is 23.5. The Hall–Kier alpha value is -3.39. The molecule has 2 unspecified atom stereocenters. The van der Waals surface area contributed by atoms with Crippen molar-refractivity contribution < 1.29 is 29.3 Å². The van der Waals surface area contributed by atoms with E-state index in [9.17, 15) is 19.5 Å². The van der Waals surface area contributed by atoms with Gasteiger partial charge in [-0.3, -0.25) is 4.79 Å². The van der Waals surface area contributed by atoms with Crippen LogP contribution in [0.5, 0.6) is 0 Å². The van der Waals surface area contributed by atoms with Crippen molar-refractivity contribution in [2.75, 3.05) is 13.2 Å². The van der Waals surface area contributed by atoms with E-state index in [0.29, 0.717) is 6.42 Å². The molecular weight excluding hydrogens is 448 g/mol. The fourth-order valence-electron chi connectivity index (χ4n) is 4.58. The lowest BCUT2D eigenvalue weighted by Crippen LogP contribution is -2.46. The Morgan fingerprint density at radius 1 is 0.971 bits per heavy atom. The van der Waals surface area contributed by atoms with Gasteiger partial charge in [0.25, 0.3) is 0 Å². The summed E-state index contributed by atoms with van der Waals surface area (Å²) in [6.07, 6.45) is -0.330. The van der Waals surface area contributed by atoms with Gasteiger partial charge in [0.1, 0.15) is 12.6 Å². The Morgan fingerprint density at radius 2 is 1.54 bits per heavy atom. The van der Waals surface area contributed by atoms with Crippen LogP contribution in [0, 0.1) is 5.41 Å². The van der Waals surface area contributed by atoms with Crippen LogP contribution in [0.1, 0.15) is 57.1 Å². The number of rotatable bonds is 10. The van der Waals surface area contributed by atoms with Crippen molar-refractivity contribution in [1.29, 1.82) is 0 Å². The third-order valence-electron chi connectivity index (χ3n) is 6.01. The SMILES string of the molecule is CC(C)(C)CC(CC(=O)NC(CCO)C(=O)O)NC(=O)OCC1c2ccccc2-c2ccccc21. The molecule has 0 bridgehead atoms. The summed E-state index contributed by atoms with van der Waals surface area (Å²) in [5.74, 6) is -1.81. The highest BCUT2D eigenvalue weighted by Gasteiger charge is 2.30. The first-order valence-corrected chi connectivity index (χ1v) is 11.8. The molecule has 0 aliphatic heterocycles. The molecule has 2 amide bonds. The van der Waals surface area contributed by atoms with Crippen molar-refractivity contribution in [3.05, 3.63) is 59.7 Å². The molecular formula is C27H34N2O6. The van der Waals surface area contributed by atoms with E-state index in [2.05, 4.69) is 22.8 Å². The fraction of sp³-hybridized carbons (Fsp3) is 0.444. The zero-order valence-corrected chi connectivity index (χ0v) is 20.4. The third kappa shape index (κ3) is 7.05. The van der Waals surface area contributed by atoms with Crippen LogP contribution in [-0.4, -0.2) is 53.5 Å². The minimum absolute atomic E-state index is 0.0766. The molecule has 35 heavy (non-hydrogen) atoms. The Balaban J connectivity index is 1.64. The number of aliphatic hydroxyl groups is 1. The van der Waals surface area contributed by atoms with Gasteiger partial charge >= 0.3 is 12.1 Å². The van der Waals surface area contributed by atoms with Crippen LogP contribution in [0.2, 0.25) is 0 Å². The fourth-order valence-corrected chi connectivity index (χ4v) is 4.58. The van der Waals surface area contributed by atoms with Crippen LogP contribution in [0.25, 0.3) is 11.1 Å². The van der Waals surface area contributed by atoms with E-state index in [1.165, 1.54) is 0 Å². The molecule has 3 rings (SSSR count). The van der Waals surface area contributed by atoms with Crippen molar-refractivity contribution in [3.63, 3.8) is 0 Å². The monoisotopic (exact) mass is 482 g/mol. The van der Waals surface area contributed by atoms with E-state index in [1.54, 1.807) is 0 Å². The summed E-state index contributed by atoms with van der Waals surface area (Å²) in [5.41, 5.74) is 4.29. The Kier molecular flexibility index (Phi) is 8.51. The molecule has 8 heteroatoms. The van der Waals surface area contributed by atoms with Gasteiger partial charge in [0.15, 0.2) is 0 Å². The maximum atomic E-state index is 12.7. The van der Waals surface area contributed by atoms with Gasteiger partial charge in [0.2, 0.25) is 5.91 Å². The maximum Gasteiger partial charge on any atom is 0.407 e. The average molecular weight is 483 g/mol. The number of hydrogen-bond donors (Lipinski definition) is 4. The summed E-state index contributed by atoms with van der Waals surface area (Å²) in [7, 11) is 0. The number of benzene rings is 2. The van der Waals surface area contributed by atoms with Crippen LogP contribution in [0.3, 0.4) is 0 Å². The minimum atomic E-state index is -1.22. The molecule has 0 saturated carbocycles. The predicted molar refractivity (Wildman–Crippen MR) is 132 cm³/mol. The van der Waals surface area contributed by atoms with Gasteiger partial charge in [-0.2, -0.15) is 0 Å². The number of carbonyl (C=O) groups is 3. The molecule has 2 aromatic rings. The first kappa shape index (κ1) is 26.2. The quantitative estimate of drug-likeness (QED) is 0.410. The van der Waals surface area contributed by atoms with Crippen LogP contribution in [-0.2, 0) is 14.3 Å². The van der Waals surface area contributed by atoms with E-state index in [-0.39, 0.29) is 37.4 Å². The largest absolute Gasteiger partial charge is 0.480 e. The number of aliphatic carboxylic acids is 1. The molecule has 0 heterocycles. The number of alkyl carbamates (subject to hydrolysis) is 1. The summed E-state index contributed by atoms with van der Waals surface area (Å²) in [4.78, 5) is 36.5. The van der Waals surface area contributed by atoms with Crippen molar-refractivity contribution in [2.45, 2.75) is 58.0 Å².